The fourth-order valence-electron chi connectivity index (χ4n) is 2.49. The van der Waals surface area contributed by atoms with Crippen LogP contribution in [0.15, 0.2) is 0 Å². The highest BCUT2D eigenvalue weighted by Crippen LogP contribution is 2.48. The molecule has 0 aliphatic heterocycles. The second kappa shape index (κ2) is 2.89. The van der Waals surface area contributed by atoms with Gasteiger partial charge in [0.05, 0.1) is 0 Å². The van der Waals surface area contributed by atoms with E-state index < -0.39 is 0 Å². The van der Waals surface area contributed by atoms with Gasteiger partial charge in [0, 0.05) is 5.92 Å². The van der Waals surface area contributed by atoms with E-state index in [-0.39, 0.29) is 0 Å². The SMILES string of the molecule is C#C[C@H]1C[C@H]1C1CCCCC1. The standard InChI is InChI=1S/C11H16/c1-2-9-8-11(9)10-6-4-3-5-7-10/h1,9-11H,3-8H2/t9-,11+/m0/s1. The van der Waals surface area contributed by atoms with Crippen molar-refractivity contribution in [1.29, 1.82) is 0 Å². The van der Waals surface area contributed by atoms with Gasteiger partial charge in [0.2, 0.25) is 0 Å². The van der Waals surface area contributed by atoms with Crippen molar-refractivity contribution in [2.45, 2.75) is 38.5 Å². The van der Waals surface area contributed by atoms with Gasteiger partial charge in [0.1, 0.15) is 0 Å². The predicted octanol–water partition coefficient (Wildman–Crippen LogP) is 2.84. The van der Waals surface area contributed by atoms with Crippen molar-refractivity contribution in [1.82, 2.24) is 0 Å². The maximum Gasteiger partial charge on any atom is 0.0234 e. The maximum atomic E-state index is 5.38. The van der Waals surface area contributed by atoms with Crippen LogP contribution in [0.3, 0.4) is 0 Å². The molecule has 0 saturated heterocycles. The minimum atomic E-state index is 0.665. The summed E-state index contributed by atoms with van der Waals surface area (Å²) in [6, 6.07) is 0. The average molecular weight is 148 g/mol. The first-order valence-electron chi connectivity index (χ1n) is 4.88. The summed E-state index contributed by atoms with van der Waals surface area (Å²) < 4.78 is 0. The van der Waals surface area contributed by atoms with E-state index in [9.17, 15) is 0 Å². The summed E-state index contributed by atoms with van der Waals surface area (Å²) in [5.74, 6) is 5.49. The molecule has 0 heterocycles. The Labute approximate surface area is 69.4 Å². The van der Waals surface area contributed by atoms with E-state index >= 15 is 0 Å². The van der Waals surface area contributed by atoms with Crippen LogP contribution in [-0.4, -0.2) is 0 Å². The summed E-state index contributed by atoms with van der Waals surface area (Å²) in [6.07, 6.45) is 14.0. The minimum absolute atomic E-state index is 0.665. The largest absolute Gasteiger partial charge is 0.120 e. The zero-order valence-corrected chi connectivity index (χ0v) is 7.05. The van der Waals surface area contributed by atoms with Crippen molar-refractivity contribution in [2.75, 3.05) is 0 Å². The quantitative estimate of drug-likeness (QED) is 0.502. The summed E-state index contributed by atoms with van der Waals surface area (Å²) in [5, 5.41) is 0. The molecule has 2 atom stereocenters. The number of terminal acetylenes is 1. The zero-order valence-electron chi connectivity index (χ0n) is 7.05. The molecule has 0 nitrogen and oxygen atoms in total. The van der Waals surface area contributed by atoms with E-state index in [0.29, 0.717) is 5.92 Å². The Kier molecular flexibility index (Phi) is 1.90. The van der Waals surface area contributed by atoms with E-state index in [0.717, 1.165) is 11.8 Å². The van der Waals surface area contributed by atoms with Crippen LogP contribution >= 0.6 is 0 Å². The first-order chi connectivity index (χ1) is 5.42. The smallest absolute Gasteiger partial charge is 0.0234 e. The first kappa shape index (κ1) is 7.22. The molecule has 2 aliphatic rings. The van der Waals surface area contributed by atoms with E-state index in [1.165, 1.54) is 38.5 Å². The van der Waals surface area contributed by atoms with Gasteiger partial charge in [-0.1, -0.05) is 32.1 Å². The first-order valence-corrected chi connectivity index (χ1v) is 4.88. The molecule has 0 aromatic heterocycles. The molecule has 60 valence electrons. The summed E-state index contributed by atoms with van der Waals surface area (Å²) >= 11 is 0. The Hall–Kier alpha value is -0.440. The van der Waals surface area contributed by atoms with Crippen molar-refractivity contribution >= 4 is 0 Å². The maximum absolute atomic E-state index is 5.38. The predicted molar refractivity (Wildman–Crippen MR) is 47.0 cm³/mol. The second-order valence-corrected chi connectivity index (χ2v) is 4.07. The number of hydrogen-bond donors (Lipinski definition) is 0. The monoisotopic (exact) mass is 148 g/mol. The Balaban J connectivity index is 1.83. The van der Waals surface area contributed by atoms with Gasteiger partial charge in [-0.15, -0.1) is 12.3 Å². The summed E-state index contributed by atoms with van der Waals surface area (Å²) in [6.45, 7) is 0. The van der Waals surface area contributed by atoms with Gasteiger partial charge >= 0.3 is 0 Å². The normalized spacial score (nSPS) is 38.1. The lowest BCUT2D eigenvalue weighted by molar-refractivity contribution is 0.316. The van der Waals surface area contributed by atoms with Gasteiger partial charge in [-0.2, -0.15) is 0 Å². The molecule has 0 spiro atoms. The number of rotatable bonds is 1. The van der Waals surface area contributed by atoms with Crippen LogP contribution in [0.4, 0.5) is 0 Å². The van der Waals surface area contributed by atoms with E-state index in [1.54, 1.807) is 0 Å². The Bertz CT molecular complexity index is 169. The van der Waals surface area contributed by atoms with Crippen LogP contribution in [0.2, 0.25) is 0 Å². The Morgan fingerprint density at radius 3 is 2.36 bits per heavy atom. The van der Waals surface area contributed by atoms with Gasteiger partial charge < -0.3 is 0 Å². The average Bonchev–Trinajstić information content (AvgIpc) is 2.85. The molecule has 2 saturated carbocycles. The summed E-state index contributed by atoms with van der Waals surface area (Å²) in [7, 11) is 0. The highest BCUT2D eigenvalue weighted by Gasteiger charge is 2.41. The highest BCUT2D eigenvalue weighted by atomic mass is 14.4. The highest BCUT2D eigenvalue weighted by molar-refractivity contribution is 5.08. The van der Waals surface area contributed by atoms with Crippen molar-refractivity contribution in [3.8, 4) is 12.3 Å². The molecule has 0 aromatic rings. The molecule has 0 radical (unpaired) electrons. The van der Waals surface area contributed by atoms with E-state index in [4.69, 9.17) is 6.42 Å². The summed E-state index contributed by atoms with van der Waals surface area (Å²) in [5.41, 5.74) is 0. The van der Waals surface area contributed by atoms with Crippen LogP contribution in [0.25, 0.3) is 0 Å². The Morgan fingerprint density at radius 2 is 1.82 bits per heavy atom. The lowest BCUT2D eigenvalue weighted by Gasteiger charge is -2.20. The third-order valence-electron chi connectivity index (χ3n) is 3.31. The van der Waals surface area contributed by atoms with E-state index in [1.807, 2.05) is 0 Å². The number of hydrogen-bond acceptors (Lipinski definition) is 0. The molecular formula is C11H16. The fraction of sp³-hybridized carbons (Fsp3) is 0.818. The molecule has 0 bridgehead atoms. The summed E-state index contributed by atoms with van der Waals surface area (Å²) in [4.78, 5) is 0. The van der Waals surface area contributed by atoms with Gasteiger partial charge in [-0.25, -0.2) is 0 Å². The van der Waals surface area contributed by atoms with Gasteiger partial charge in [0.15, 0.2) is 0 Å². The van der Waals surface area contributed by atoms with Gasteiger partial charge in [-0.05, 0) is 18.3 Å². The molecule has 0 unspecified atom stereocenters. The van der Waals surface area contributed by atoms with Crippen LogP contribution in [0.5, 0.6) is 0 Å². The van der Waals surface area contributed by atoms with Crippen molar-refractivity contribution in [2.24, 2.45) is 17.8 Å². The lowest BCUT2D eigenvalue weighted by atomic mass is 9.85. The van der Waals surface area contributed by atoms with Crippen LogP contribution in [0, 0.1) is 30.1 Å². The van der Waals surface area contributed by atoms with E-state index in [2.05, 4.69) is 5.92 Å². The van der Waals surface area contributed by atoms with Crippen molar-refractivity contribution < 1.29 is 0 Å². The third kappa shape index (κ3) is 1.43. The second-order valence-electron chi connectivity index (χ2n) is 4.07. The molecule has 2 rings (SSSR count). The molecule has 0 amide bonds. The molecule has 2 fully saturated rings. The van der Waals surface area contributed by atoms with Crippen molar-refractivity contribution in [3.63, 3.8) is 0 Å². The zero-order chi connectivity index (χ0) is 7.68. The molecule has 11 heavy (non-hydrogen) atoms. The lowest BCUT2D eigenvalue weighted by Crippen LogP contribution is -2.08. The molecule has 0 aromatic carbocycles. The topological polar surface area (TPSA) is 0 Å². The van der Waals surface area contributed by atoms with Crippen LogP contribution in [-0.2, 0) is 0 Å². The molecular weight excluding hydrogens is 132 g/mol. The third-order valence-corrected chi connectivity index (χ3v) is 3.31. The van der Waals surface area contributed by atoms with Crippen LogP contribution in [0.1, 0.15) is 38.5 Å². The molecule has 2 aliphatic carbocycles. The van der Waals surface area contributed by atoms with Crippen molar-refractivity contribution in [3.05, 3.63) is 0 Å². The molecule has 0 heteroatoms. The Morgan fingerprint density at radius 1 is 1.09 bits per heavy atom. The van der Waals surface area contributed by atoms with Gasteiger partial charge in [-0.3, -0.25) is 0 Å². The molecule has 0 N–H and O–H groups in total. The van der Waals surface area contributed by atoms with Crippen LogP contribution < -0.4 is 0 Å². The van der Waals surface area contributed by atoms with Gasteiger partial charge in [0.25, 0.3) is 0 Å². The minimum Gasteiger partial charge on any atom is -0.120 e. The fourth-order valence-corrected chi connectivity index (χ4v) is 2.49.